The average molecular weight is 169 g/mol. The number of hydrazine groups is 1. The molecule has 0 aliphatic rings. The van der Waals surface area contributed by atoms with E-state index in [4.69, 9.17) is 5.84 Å². The van der Waals surface area contributed by atoms with Gasteiger partial charge in [-0.2, -0.15) is 15.4 Å². The molecule has 1 heterocycles. The Labute approximate surface area is 71.7 Å². The molecule has 1 aromatic heterocycles. The van der Waals surface area contributed by atoms with Crippen LogP contribution in [0, 0.1) is 5.92 Å². The fourth-order valence-corrected chi connectivity index (χ4v) is 1.14. The first-order valence-corrected chi connectivity index (χ1v) is 4.11. The largest absolute Gasteiger partial charge is 0.271 e. The lowest BCUT2D eigenvalue weighted by molar-refractivity contribution is 0.375. The molecule has 0 spiro atoms. The SMILES string of the molecule is CCC(C)C(NN)c1cn[nH]n1. The van der Waals surface area contributed by atoms with E-state index in [0.29, 0.717) is 5.92 Å². The second-order valence-electron chi connectivity index (χ2n) is 2.92. The van der Waals surface area contributed by atoms with Crippen LogP contribution in [-0.2, 0) is 0 Å². The van der Waals surface area contributed by atoms with Crippen LogP contribution in [0.25, 0.3) is 0 Å². The monoisotopic (exact) mass is 169 g/mol. The van der Waals surface area contributed by atoms with Gasteiger partial charge < -0.3 is 0 Å². The van der Waals surface area contributed by atoms with Crippen LogP contribution in [0.2, 0.25) is 0 Å². The molecular formula is C7H15N5. The van der Waals surface area contributed by atoms with E-state index in [1.807, 2.05) is 0 Å². The van der Waals surface area contributed by atoms with Gasteiger partial charge >= 0.3 is 0 Å². The Morgan fingerprint density at radius 2 is 2.50 bits per heavy atom. The molecule has 0 aliphatic heterocycles. The van der Waals surface area contributed by atoms with Crippen molar-refractivity contribution in [3.05, 3.63) is 11.9 Å². The number of aromatic amines is 1. The van der Waals surface area contributed by atoms with E-state index in [1.165, 1.54) is 0 Å². The summed E-state index contributed by atoms with van der Waals surface area (Å²) in [4.78, 5) is 0. The van der Waals surface area contributed by atoms with Crippen LogP contribution in [0.15, 0.2) is 6.20 Å². The lowest BCUT2D eigenvalue weighted by Gasteiger charge is -2.18. The summed E-state index contributed by atoms with van der Waals surface area (Å²) in [7, 11) is 0. The summed E-state index contributed by atoms with van der Waals surface area (Å²) >= 11 is 0. The summed E-state index contributed by atoms with van der Waals surface area (Å²) in [5.41, 5.74) is 3.60. The summed E-state index contributed by atoms with van der Waals surface area (Å²) < 4.78 is 0. The van der Waals surface area contributed by atoms with Gasteiger partial charge in [-0.05, 0) is 5.92 Å². The standard InChI is InChI=1S/C7H15N5/c1-3-5(2)7(10-8)6-4-9-12-11-6/h4-5,7,10H,3,8H2,1-2H3,(H,9,11,12). The molecule has 0 saturated carbocycles. The topological polar surface area (TPSA) is 79.6 Å². The van der Waals surface area contributed by atoms with Gasteiger partial charge in [0.25, 0.3) is 0 Å². The Morgan fingerprint density at radius 3 is 2.92 bits per heavy atom. The molecule has 5 heteroatoms. The average Bonchev–Trinajstić information content (AvgIpc) is 2.58. The van der Waals surface area contributed by atoms with Crippen LogP contribution in [0.4, 0.5) is 0 Å². The first kappa shape index (κ1) is 9.15. The fraction of sp³-hybridized carbons (Fsp3) is 0.714. The number of H-pyrrole nitrogens is 1. The summed E-state index contributed by atoms with van der Waals surface area (Å²) in [5.74, 6) is 5.87. The maximum absolute atomic E-state index is 5.41. The normalized spacial score (nSPS) is 15.9. The van der Waals surface area contributed by atoms with Crippen molar-refractivity contribution in [3.8, 4) is 0 Å². The van der Waals surface area contributed by atoms with Crippen LogP contribution in [0.1, 0.15) is 32.0 Å². The summed E-state index contributed by atoms with van der Waals surface area (Å²) in [6.07, 6.45) is 2.75. The molecule has 0 bridgehead atoms. The molecule has 0 aromatic carbocycles. The van der Waals surface area contributed by atoms with Gasteiger partial charge in [0.15, 0.2) is 0 Å². The third kappa shape index (κ3) is 1.80. The predicted molar refractivity (Wildman–Crippen MR) is 45.9 cm³/mol. The molecule has 1 rings (SSSR count). The minimum Gasteiger partial charge on any atom is -0.271 e. The zero-order valence-corrected chi connectivity index (χ0v) is 7.41. The molecule has 0 amide bonds. The molecule has 2 atom stereocenters. The van der Waals surface area contributed by atoms with E-state index in [-0.39, 0.29) is 6.04 Å². The summed E-state index contributed by atoms with van der Waals surface area (Å²) in [6, 6.07) is 0.0914. The Balaban J connectivity index is 2.69. The molecule has 68 valence electrons. The lowest BCUT2D eigenvalue weighted by atomic mass is 9.98. The third-order valence-corrected chi connectivity index (χ3v) is 2.14. The molecule has 5 nitrogen and oxygen atoms in total. The zero-order chi connectivity index (χ0) is 8.97. The van der Waals surface area contributed by atoms with Gasteiger partial charge in [0.2, 0.25) is 0 Å². The summed E-state index contributed by atoms with van der Waals surface area (Å²) in [6.45, 7) is 4.24. The Kier molecular flexibility index (Phi) is 3.19. The minimum atomic E-state index is 0.0914. The van der Waals surface area contributed by atoms with E-state index in [2.05, 4.69) is 34.7 Å². The van der Waals surface area contributed by atoms with Crippen molar-refractivity contribution in [2.75, 3.05) is 0 Å². The first-order valence-electron chi connectivity index (χ1n) is 4.11. The highest BCUT2D eigenvalue weighted by atomic mass is 15.3. The molecule has 4 N–H and O–H groups in total. The highest BCUT2D eigenvalue weighted by molar-refractivity contribution is 5.00. The lowest BCUT2D eigenvalue weighted by Crippen LogP contribution is -2.32. The Bertz CT molecular complexity index is 208. The van der Waals surface area contributed by atoms with Crippen LogP contribution < -0.4 is 11.3 Å². The molecule has 0 aliphatic carbocycles. The third-order valence-electron chi connectivity index (χ3n) is 2.14. The van der Waals surface area contributed by atoms with Gasteiger partial charge in [-0.15, -0.1) is 0 Å². The molecule has 1 aromatic rings. The molecule has 2 unspecified atom stereocenters. The van der Waals surface area contributed by atoms with Crippen molar-refractivity contribution in [2.24, 2.45) is 11.8 Å². The molecule has 0 radical (unpaired) electrons. The van der Waals surface area contributed by atoms with Crippen molar-refractivity contribution in [1.82, 2.24) is 20.8 Å². The highest BCUT2D eigenvalue weighted by Crippen LogP contribution is 2.20. The fourth-order valence-electron chi connectivity index (χ4n) is 1.14. The van der Waals surface area contributed by atoms with Gasteiger partial charge in [0.05, 0.1) is 12.2 Å². The predicted octanol–water partition coefficient (Wildman–Crippen LogP) is 0.355. The number of hydrogen-bond acceptors (Lipinski definition) is 4. The quantitative estimate of drug-likeness (QED) is 0.449. The van der Waals surface area contributed by atoms with E-state index in [0.717, 1.165) is 12.1 Å². The number of aromatic nitrogens is 3. The number of nitrogens with zero attached hydrogens (tertiary/aromatic N) is 2. The maximum atomic E-state index is 5.41. The maximum Gasteiger partial charge on any atom is 0.101 e. The van der Waals surface area contributed by atoms with Crippen LogP contribution in [-0.4, -0.2) is 15.4 Å². The number of nitrogens with two attached hydrogens (primary N) is 1. The van der Waals surface area contributed by atoms with Crippen molar-refractivity contribution in [1.29, 1.82) is 0 Å². The molecule has 0 saturated heterocycles. The van der Waals surface area contributed by atoms with Gasteiger partial charge in [0.1, 0.15) is 5.69 Å². The van der Waals surface area contributed by atoms with Crippen LogP contribution in [0.5, 0.6) is 0 Å². The van der Waals surface area contributed by atoms with E-state index in [9.17, 15) is 0 Å². The highest BCUT2D eigenvalue weighted by Gasteiger charge is 2.18. The molecule has 12 heavy (non-hydrogen) atoms. The van der Waals surface area contributed by atoms with Gasteiger partial charge in [0, 0.05) is 0 Å². The van der Waals surface area contributed by atoms with Gasteiger partial charge in [-0.1, -0.05) is 20.3 Å². The Morgan fingerprint density at radius 1 is 1.75 bits per heavy atom. The second kappa shape index (κ2) is 4.18. The van der Waals surface area contributed by atoms with Crippen LogP contribution in [0.3, 0.4) is 0 Å². The van der Waals surface area contributed by atoms with Gasteiger partial charge in [-0.3, -0.25) is 11.3 Å². The van der Waals surface area contributed by atoms with Gasteiger partial charge in [-0.25, -0.2) is 0 Å². The van der Waals surface area contributed by atoms with E-state index < -0.39 is 0 Å². The number of nitrogens with one attached hydrogen (secondary N) is 2. The number of rotatable bonds is 4. The zero-order valence-electron chi connectivity index (χ0n) is 7.41. The van der Waals surface area contributed by atoms with Crippen molar-refractivity contribution in [2.45, 2.75) is 26.3 Å². The van der Waals surface area contributed by atoms with Crippen LogP contribution >= 0.6 is 0 Å². The molecular weight excluding hydrogens is 154 g/mol. The second-order valence-corrected chi connectivity index (χ2v) is 2.92. The van der Waals surface area contributed by atoms with Crippen molar-refractivity contribution >= 4 is 0 Å². The molecule has 0 fully saturated rings. The smallest absolute Gasteiger partial charge is 0.101 e. The Hall–Kier alpha value is -0.940. The summed E-state index contributed by atoms with van der Waals surface area (Å²) in [5, 5.41) is 10.3. The minimum absolute atomic E-state index is 0.0914. The first-order chi connectivity index (χ1) is 5.79. The van der Waals surface area contributed by atoms with Crippen molar-refractivity contribution < 1.29 is 0 Å². The van der Waals surface area contributed by atoms with E-state index >= 15 is 0 Å². The van der Waals surface area contributed by atoms with Crippen molar-refractivity contribution in [3.63, 3.8) is 0 Å². The number of hydrogen-bond donors (Lipinski definition) is 3. The van der Waals surface area contributed by atoms with E-state index in [1.54, 1.807) is 6.20 Å².